The summed E-state index contributed by atoms with van der Waals surface area (Å²) in [7, 11) is 0. The maximum Gasteiger partial charge on any atom is 0.246 e. The zero-order chi connectivity index (χ0) is 28.7. The van der Waals surface area contributed by atoms with E-state index in [0.29, 0.717) is 18.1 Å². The SMILES string of the molecule is C=C(NC(C(=O)N1CCCC1C(=C)NC(CC)C(=CCC)C(=C)NN)C1Cc2ccccc2C1)OC(C)(C)N. The van der Waals surface area contributed by atoms with E-state index >= 15 is 0 Å². The zero-order valence-electron chi connectivity index (χ0n) is 24.2. The van der Waals surface area contributed by atoms with Crippen molar-refractivity contribution in [1.29, 1.82) is 0 Å². The first-order valence-electron chi connectivity index (χ1n) is 14.1. The lowest BCUT2D eigenvalue weighted by Gasteiger charge is -2.35. The summed E-state index contributed by atoms with van der Waals surface area (Å²) in [6.45, 7) is 20.9. The Morgan fingerprint density at radius 3 is 2.36 bits per heavy atom. The third-order valence-corrected chi connectivity index (χ3v) is 7.55. The molecule has 3 rings (SSSR count). The van der Waals surface area contributed by atoms with Gasteiger partial charge in [0.05, 0.1) is 12.1 Å². The van der Waals surface area contributed by atoms with E-state index in [0.717, 1.165) is 49.8 Å². The number of benzene rings is 1. The van der Waals surface area contributed by atoms with Gasteiger partial charge >= 0.3 is 0 Å². The number of nitrogens with zero attached hydrogens (tertiary/aromatic N) is 1. The minimum atomic E-state index is -0.911. The van der Waals surface area contributed by atoms with Crippen LogP contribution in [0.3, 0.4) is 0 Å². The minimum absolute atomic E-state index is 0.0169. The van der Waals surface area contributed by atoms with Crippen molar-refractivity contribution in [2.75, 3.05) is 6.54 Å². The molecule has 1 aromatic carbocycles. The molecule has 39 heavy (non-hydrogen) atoms. The number of nitrogens with one attached hydrogen (secondary N) is 3. The molecule has 1 aliphatic heterocycles. The lowest BCUT2D eigenvalue weighted by molar-refractivity contribution is -0.135. The first kappa shape index (κ1) is 30.3. The van der Waals surface area contributed by atoms with Gasteiger partial charge in [0.1, 0.15) is 6.04 Å². The Kier molecular flexibility index (Phi) is 10.3. The molecule has 2 aliphatic rings. The van der Waals surface area contributed by atoms with Gasteiger partial charge in [-0.15, -0.1) is 0 Å². The molecule has 1 aromatic rings. The van der Waals surface area contributed by atoms with E-state index in [9.17, 15) is 4.79 Å². The van der Waals surface area contributed by atoms with Crippen molar-refractivity contribution in [2.45, 2.75) is 90.1 Å². The number of allylic oxidation sites excluding steroid dienone is 1. The lowest BCUT2D eigenvalue weighted by Crippen LogP contribution is -2.54. The minimum Gasteiger partial charge on any atom is -0.459 e. The molecule has 1 aliphatic carbocycles. The molecular weight excluding hydrogens is 488 g/mol. The Labute approximate surface area is 234 Å². The smallest absolute Gasteiger partial charge is 0.246 e. The summed E-state index contributed by atoms with van der Waals surface area (Å²) >= 11 is 0. The third-order valence-electron chi connectivity index (χ3n) is 7.55. The van der Waals surface area contributed by atoms with Crippen LogP contribution in [0, 0.1) is 5.92 Å². The molecule has 0 radical (unpaired) electrons. The van der Waals surface area contributed by atoms with E-state index in [1.54, 1.807) is 13.8 Å². The first-order chi connectivity index (χ1) is 18.5. The van der Waals surface area contributed by atoms with Crippen LogP contribution in [0.2, 0.25) is 0 Å². The summed E-state index contributed by atoms with van der Waals surface area (Å²) in [6, 6.07) is 7.75. The van der Waals surface area contributed by atoms with Crippen LogP contribution >= 0.6 is 0 Å². The molecule has 0 bridgehead atoms. The molecule has 214 valence electrons. The van der Waals surface area contributed by atoms with Gasteiger partial charge in [0.2, 0.25) is 5.91 Å². The molecule has 3 atom stereocenters. The second kappa shape index (κ2) is 13.2. The normalized spacial score (nSPS) is 19.2. The summed E-state index contributed by atoms with van der Waals surface area (Å²) in [5, 5.41) is 6.91. The monoisotopic (exact) mass is 536 g/mol. The fourth-order valence-corrected chi connectivity index (χ4v) is 5.80. The number of hydrazine groups is 1. The quantitative estimate of drug-likeness (QED) is 0.0809. The van der Waals surface area contributed by atoms with Crippen LogP contribution in [0.15, 0.2) is 72.9 Å². The van der Waals surface area contributed by atoms with Gasteiger partial charge < -0.3 is 25.7 Å². The molecular formula is C31H48N6O2. The molecule has 0 saturated carbocycles. The number of likely N-dealkylation sites (tertiary alicyclic amines) is 1. The van der Waals surface area contributed by atoms with Crippen LogP contribution in [0.25, 0.3) is 0 Å². The molecule has 1 amide bonds. The molecule has 1 saturated heterocycles. The Morgan fingerprint density at radius 1 is 1.18 bits per heavy atom. The van der Waals surface area contributed by atoms with Crippen molar-refractivity contribution in [2.24, 2.45) is 17.5 Å². The largest absolute Gasteiger partial charge is 0.459 e. The van der Waals surface area contributed by atoms with E-state index < -0.39 is 11.8 Å². The Balaban J connectivity index is 1.81. The first-order valence-corrected chi connectivity index (χ1v) is 14.1. The van der Waals surface area contributed by atoms with Gasteiger partial charge in [-0.3, -0.25) is 16.4 Å². The highest BCUT2D eigenvalue weighted by molar-refractivity contribution is 5.83. The topological polar surface area (TPSA) is 118 Å². The van der Waals surface area contributed by atoms with E-state index in [2.05, 4.69) is 80.0 Å². The Morgan fingerprint density at radius 2 is 1.82 bits per heavy atom. The van der Waals surface area contributed by atoms with Crippen molar-refractivity contribution in [3.8, 4) is 0 Å². The van der Waals surface area contributed by atoms with Crippen molar-refractivity contribution in [1.82, 2.24) is 21.0 Å². The maximum atomic E-state index is 14.3. The number of hydrogen-bond donors (Lipinski definition) is 5. The highest BCUT2D eigenvalue weighted by Gasteiger charge is 2.40. The molecule has 1 heterocycles. The fraction of sp³-hybridized carbons (Fsp3) is 0.516. The summed E-state index contributed by atoms with van der Waals surface area (Å²) < 4.78 is 5.78. The molecule has 7 N–H and O–H groups in total. The number of rotatable bonds is 14. The van der Waals surface area contributed by atoms with Gasteiger partial charge in [0.25, 0.3) is 0 Å². The highest BCUT2D eigenvalue weighted by Crippen LogP contribution is 2.32. The standard InChI is InChI=1S/C31H48N6O2/c1-8-13-26(20(3)36-33)27(9-2)34-21(4)28-16-12-17-37(28)30(38)29(35-22(5)39-31(6,7)32)25-18-23-14-10-11-15-24(23)19-25/h10-11,13-15,25,27-29,34-36H,3-5,8-9,12,16-19,32-33H2,1-2,6-7H3. The summed E-state index contributed by atoms with van der Waals surface area (Å²) in [4.78, 5) is 16.2. The predicted octanol–water partition coefficient (Wildman–Crippen LogP) is 3.73. The zero-order valence-corrected chi connectivity index (χ0v) is 24.2. The number of hydrogen-bond acceptors (Lipinski definition) is 7. The lowest BCUT2D eigenvalue weighted by atomic mass is 9.94. The average molecular weight is 537 g/mol. The van der Waals surface area contributed by atoms with Crippen molar-refractivity contribution in [3.05, 3.63) is 84.1 Å². The van der Waals surface area contributed by atoms with Crippen LogP contribution in [0.1, 0.15) is 64.5 Å². The number of nitrogens with two attached hydrogens (primary N) is 2. The van der Waals surface area contributed by atoms with Gasteiger partial charge in [-0.2, -0.15) is 0 Å². The summed E-state index contributed by atoms with van der Waals surface area (Å²) in [6.07, 6.45) is 7.19. The Bertz CT molecular complexity index is 1060. The number of carbonyl (C=O) groups is 1. The highest BCUT2D eigenvalue weighted by atomic mass is 16.5. The number of carbonyl (C=O) groups excluding carboxylic acids is 1. The average Bonchev–Trinajstić information content (AvgIpc) is 3.54. The van der Waals surface area contributed by atoms with Crippen LogP contribution in [-0.4, -0.2) is 41.2 Å². The van der Waals surface area contributed by atoms with Gasteiger partial charge in [0, 0.05) is 17.9 Å². The van der Waals surface area contributed by atoms with Gasteiger partial charge in [-0.05, 0) is 81.6 Å². The van der Waals surface area contributed by atoms with Crippen LogP contribution in [0.4, 0.5) is 0 Å². The number of amides is 1. The fourth-order valence-electron chi connectivity index (χ4n) is 5.80. The summed E-state index contributed by atoms with van der Waals surface area (Å²) in [5.41, 5.74) is 12.9. The van der Waals surface area contributed by atoms with Crippen molar-refractivity contribution >= 4 is 5.91 Å². The number of ether oxygens (including phenoxy) is 1. The maximum absolute atomic E-state index is 14.3. The summed E-state index contributed by atoms with van der Waals surface area (Å²) in [5.74, 6) is 6.09. The van der Waals surface area contributed by atoms with Crippen LogP contribution in [-0.2, 0) is 22.4 Å². The van der Waals surface area contributed by atoms with E-state index in [1.807, 2.05) is 4.90 Å². The van der Waals surface area contributed by atoms with Crippen molar-refractivity contribution in [3.63, 3.8) is 0 Å². The predicted molar refractivity (Wildman–Crippen MR) is 159 cm³/mol. The van der Waals surface area contributed by atoms with Crippen molar-refractivity contribution < 1.29 is 9.53 Å². The van der Waals surface area contributed by atoms with Crippen LogP contribution < -0.4 is 27.6 Å². The van der Waals surface area contributed by atoms with E-state index in [-0.39, 0.29) is 23.9 Å². The second-order valence-corrected chi connectivity index (χ2v) is 11.2. The van der Waals surface area contributed by atoms with Gasteiger partial charge in [-0.1, -0.05) is 57.3 Å². The number of fused-ring (bicyclic) bond motifs is 1. The molecule has 0 spiro atoms. The van der Waals surface area contributed by atoms with Gasteiger partial charge in [0.15, 0.2) is 11.6 Å². The third kappa shape index (κ3) is 7.67. The van der Waals surface area contributed by atoms with E-state index in [4.69, 9.17) is 16.3 Å². The molecule has 0 aromatic heterocycles. The Hall–Kier alpha value is -3.23. The molecule has 8 nitrogen and oxygen atoms in total. The molecule has 3 unspecified atom stereocenters. The van der Waals surface area contributed by atoms with Gasteiger partial charge in [-0.25, -0.2) is 0 Å². The molecule has 1 fully saturated rings. The van der Waals surface area contributed by atoms with E-state index in [1.165, 1.54) is 11.1 Å². The molecule has 8 heteroatoms. The van der Waals surface area contributed by atoms with Crippen LogP contribution in [0.5, 0.6) is 0 Å². The second-order valence-electron chi connectivity index (χ2n) is 11.2.